The number of likely N-dealkylation sites (tertiary alicyclic amines) is 1. The van der Waals surface area contributed by atoms with Crippen LogP contribution in [0.1, 0.15) is 13.3 Å². The number of likely N-dealkylation sites (N-methyl/N-ethyl adjacent to an activating group) is 1. The Morgan fingerprint density at radius 1 is 1.46 bits per heavy atom. The summed E-state index contributed by atoms with van der Waals surface area (Å²) in [5, 5.41) is 0. The Bertz CT molecular complexity index is 226. The average Bonchev–Trinajstić information content (AvgIpc) is 2.24. The number of hydrogen-bond donors (Lipinski definition) is 0. The van der Waals surface area contributed by atoms with Crippen LogP contribution in [0.3, 0.4) is 0 Å². The van der Waals surface area contributed by atoms with E-state index in [0.717, 1.165) is 6.54 Å². The molecule has 1 saturated heterocycles. The molecule has 0 spiro atoms. The lowest BCUT2D eigenvalue weighted by atomic mass is 10.1. The number of imide groups is 1. The van der Waals surface area contributed by atoms with Crippen molar-refractivity contribution >= 4 is 11.8 Å². The van der Waals surface area contributed by atoms with Crippen molar-refractivity contribution in [2.45, 2.75) is 13.3 Å². The van der Waals surface area contributed by atoms with Gasteiger partial charge >= 0.3 is 0 Å². The van der Waals surface area contributed by atoms with Gasteiger partial charge in [-0.15, -0.1) is 0 Å². The van der Waals surface area contributed by atoms with Crippen LogP contribution in [0.5, 0.6) is 0 Å². The van der Waals surface area contributed by atoms with E-state index in [2.05, 4.69) is 0 Å². The number of carbonyl (C=O) groups excluding carboxylic acids is 2. The molecule has 2 amide bonds. The number of hydrogen-bond acceptors (Lipinski definition) is 3. The monoisotopic (exact) mass is 184 g/mol. The standard InChI is InChI=1S/C9H16N2O2/c1-7-6-8(12)11(9(7)13)5-4-10(2)3/h7H,4-6H2,1-3H3. The first-order chi connectivity index (χ1) is 6.02. The summed E-state index contributed by atoms with van der Waals surface area (Å²) in [5.41, 5.74) is 0. The number of rotatable bonds is 3. The van der Waals surface area contributed by atoms with E-state index in [1.807, 2.05) is 19.0 Å². The molecule has 0 aromatic heterocycles. The second-order valence-corrected chi connectivity index (χ2v) is 3.79. The number of nitrogens with zero attached hydrogens (tertiary/aromatic N) is 2. The lowest BCUT2D eigenvalue weighted by Gasteiger charge is -2.17. The minimum atomic E-state index is -0.116. The highest BCUT2D eigenvalue weighted by molar-refractivity contribution is 6.03. The molecule has 74 valence electrons. The molecule has 1 unspecified atom stereocenters. The molecule has 0 aromatic carbocycles. The minimum Gasteiger partial charge on any atom is -0.308 e. The fraction of sp³-hybridized carbons (Fsp3) is 0.778. The molecule has 4 nitrogen and oxygen atoms in total. The molecule has 4 heteroatoms. The van der Waals surface area contributed by atoms with Gasteiger partial charge in [0.15, 0.2) is 0 Å². The second-order valence-electron chi connectivity index (χ2n) is 3.79. The molecule has 1 fully saturated rings. The maximum absolute atomic E-state index is 11.4. The predicted octanol–water partition coefficient (Wildman–Crippen LogP) is -0.0570. The Hall–Kier alpha value is -0.900. The summed E-state index contributed by atoms with van der Waals surface area (Å²) in [5.74, 6) is -0.166. The highest BCUT2D eigenvalue weighted by Gasteiger charge is 2.34. The fourth-order valence-corrected chi connectivity index (χ4v) is 1.38. The Labute approximate surface area is 78.5 Å². The summed E-state index contributed by atoms with van der Waals surface area (Å²) in [6.07, 6.45) is 0.381. The topological polar surface area (TPSA) is 40.6 Å². The summed E-state index contributed by atoms with van der Waals surface area (Å²) in [7, 11) is 3.85. The van der Waals surface area contributed by atoms with Gasteiger partial charge in [-0.05, 0) is 14.1 Å². The molecule has 0 radical (unpaired) electrons. The van der Waals surface area contributed by atoms with Crippen LogP contribution in [0.2, 0.25) is 0 Å². The van der Waals surface area contributed by atoms with Gasteiger partial charge in [0.05, 0.1) is 0 Å². The van der Waals surface area contributed by atoms with Crippen molar-refractivity contribution in [3.05, 3.63) is 0 Å². The van der Waals surface area contributed by atoms with Crippen molar-refractivity contribution in [1.82, 2.24) is 9.80 Å². The zero-order valence-corrected chi connectivity index (χ0v) is 8.41. The number of carbonyl (C=O) groups is 2. The van der Waals surface area contributed by atoms with Crippen LogP contribution in [0, 0.1) is 5.92 Å². The van der Waals surface area contributed by atoms with Crippen molar-refractivity contribution in [2.24, 2.45) is 5.92 Å². The fourth-order valence-electron chi connectivity index (χ4n) is 1.38. The van der Waals surface area contributed by atoms with Gasteiger partial charge in [0, 0.05) is 25.4 Å². The zero-order valence-electron chi connectivity index (χ0n) is 8.41. The van der Waals surface area contributed by atoms with Crippen molar-refractivity contribution in [3.63, 3.8) is 0 Å². The SMILES string of the molecule is CC1CC(=O)N(CCN(C)C)C1=O. The van der Waals surface area contributed by atoms with Crippen LogP contribution in [0.4, 0.5) is 0 Å². The quantitative estimate of drug-likeness (QED) is 0.577. The van der Waals surface area contributed by atoms with Crippen molar-refractivity contribution in [2.75, 3.05) is 27.2 Å². The summed E-state index contributed by atoms with van der Waals surface area (Å²) < 4.78 is 0. The van der Waals surface area contributed by atoms with Crippen molar-refractivity contribution in [1.29, 1.82) is 0 Å². The van der Waals surface area contributed by atoms with E-state index in [0.29, 0.717) is 13.0 Å². The molecule has 1 atom stereocenters. The van der Waals surface area contributed by atoms with E-state index in [1.165, 1.54) is 4.90 Å². The van der Waals surface area contributed by atoms with Gasteiger partial charge in [-0.3, -0.25) is 14.5 Å². The first-order valence-electron chi connectivity index (χ1n) is 4.51. The normalized spacial score (nSPS) is 23.4. The van der Waals surface area contributed by atoms with Gasteiger partial charge < -0.3 is 4.90 Å². The van der Waals surface area contributed by atoms with Crippen LogP contribution >= 0.6 is 0 Å². The molecule has 0 saturated carbocycles. The lowest BCUT2D eigenvalue weighted by Crippen LogP contribution is -2.36. The molecule has 0 aliphatic carbocycles. The predicted molar refractivity (Wildman–Crippen MR) is 49.1 cm³/mol. The van der Waals surface area contributed by atoms with Gasteiger partial charge in [-0.1, -0.05) is 6.92 Å². The third-order valence-electron chi connectivity index (χ3n) is 2.24. The van der Waals surface area contributed by atoms with E-state index >= 15 is 0 Å². The maximum atomic E-state index is 11.4. The molecule has 1 aliphatic heterocycles. The van der Waals surface area contributed by atoms with Crippen LogP contribution in [-0.4, -0.2) is 48.8 Å². The van der Waals surface area contributed by atoms with Gasteiger partial charge in [0.25, 0.3) is 0 Å². The summed E-state index contributed by atoms with van der Waals surface area (Å²) in [4.78, 5) is 26.0. The van der Waals surface area contributed by atoms with E-state index in [9.17, 15) is 9.59 Å². The van der Waals surface area contributed by atoms with E-state index in [-0.39, 0.29) is 17.7 Å². The molecular weight excluding hydrogens is 168 g/mol. The van der Waals surface area contributed by atoms with Crippen LogP contribution in [-0.2, 0) is 9.59 Å². The third kappa shape index (κ3) is 2.28. The number of amides is 2. The Kier molecular flexibility index (Phi) is 3.03. The first kappa shape index (κ1) is 10.2. The summed E-state index contributed by atoms with van der Waals surface area (Å²) >= 11 is 0. The minimum absolute atomic E-state index is 0.0214. The van der Waals surface area contributed by atoms with Crippen LogP contribution < -0.4 is 0 Å². The third-order valence-corrected chi connectivity index (χ3v) is 2.24. The largest absolute Gasteiger partial charge is 0.308 e. The molecular formula is C9H16N2O2. The Morgan fingerprint density at radius 3 is 2.46 bits per heavy atom. The van der Waals surface area contributed by atoms with Crippen LogP contribution in [0.25, 0.3) is 0 Å². The molecule has 0 aromatic rings. The highest BCUT2D eigenvalue weighted by atomic mass is 16.2. The van der Waals surface area contributed by atoms with Crippen LogP contribution in [0.15, 0.2) is 0 Å². The van der Waals surface area contributed by atoms with Gasteiger partial charge in [0.2, 0.25) is 11.8 Å². The Morgan fingerprint density at radius 2 is 2.08 bits per heavy atom. The van der Waals surface area contributed by atoms with Crippen molar-refractivity contribution < 1.29 is 9.59 Å². The lowest BCUT2D eigenvalue weighted by molar-refractivity contribution is -0.139. The van der Waals surface area contributed by atoms with E-state index < -0.39 is 0 Å². The molecule has 0 N–H and O–H groups in total. The first-order valence-corrected chi connectivity index (χ1v) is 4.51. The summed E-state index contributed by atoms with van der Waals surface area (Å²) in [6.45, 7) is 3.06. The highest BCUT2D eigenvalue weighted by Crippen LogP contribution is 2.17. The summed E-state index contributed by atoms with van der Waals surface area (Å²) in [6, 6.07) is 0. The van der Waals surface area contributed by atoms with Gasteiger partial charge in [-0.2, -0.15) is 0 Å². The van der Waals surface area contributed by atoms with Gasteiger partial charge in [0.1, 0.15) is 0 Å². The zero-order chi connectivity index (χ0) is 10.0. The van der Waals surface area contributed by atoms with Gasteiger partial charge in [-0.25, -0.2) is 0 Å². The smallest absolute Gasteiger partial charge is 0.232 e. The molecule has 1 rings (SSSR count). The maximum Gasteiger partial charge on any atom is 0.232 e. The average molecular weight is 184 g/mol. The van der Waals surface area contributed by atoms with E-state index in [1.54, 1.807) is 6.92 Å². The van der Waals surface area contributed by atoms with Crippen molar-refractivity contribution in [3.8, 4) is 0 Å². The molecule has 1 aliphatic rings. The van der Waals surface area contributed by atoms with E-state index in [4.69, 9.17) is 0 Å². The Balaban J connectivity index is 2.49. The second kappa shape index (κ2) is 3.87. The molecule has 0 bridgehead atoms. The molecule has 1 heterocycles. The molecule has 13 heavy (non-hydrogen) atoms.